The fourth-order valence-electron chi connectivity index (χ4n) is 2.38. The summed E-state index contributed by atoms with van der Waals surface area (Å²) in [6.45, 7) is 5.14. The molecule has 1 N–H and O–H groups in total. The number of aliphatic hydroxyl groups is 1. The summed E-state index contributed by atoms with van der Waals surface area (Å²) in [7, 11) is 0. The van der Waals surface area contributed by atoms with Crippen molar-refractivity contribution in [3.8, 4) is 0 Å². The van der Waals surface area contributed by atoms with Gasteiger partial charge in [0.05, 0.1) is 12.6 Å². The molecule has 0 aromatic rings. The number of hydrogen-bond acceptors (Lipinski definition) is 3. The molecular formula is C12H22N2O2. The van der Waals surface area contributed by atoms with Gasteiger partial charge >= 0.3 is 0 Å². The van der Waals surface area contributed by atoms with E-state index in [-0.39, 0.29) is 12.0 Å². The number of amides is 1. The van der Waals surface area contributed by atoms with Crippen LogP contribution in [0.25, 0.3) is 0 Å². The lowest BCUT2D eigenvalue weighted by atomic mass is 10.1. The van der Waals surface area contributed by atoms with Crippen molar-refractivity contribution in [2.45, 2.75) is 44.8 Å². The molecule has 1 amide bonds. The Morgan fingerprint density at radius 1 is 1.31 bits per heavy atom. The van der Waals surface area contributed by atoms with Gasteiger partial charge in [-0.15, -0.1) is 0 Å². The Morgan fingerprint density at radius 2 is 1.94 bits per heavy atom. The lowest BCUT2D eigenvalue weighted by molar-refractivity contribution is -0.133. The van der Waals surface area contributed by atoms with Crippen LogP contribution in [0.4, 0.5) is 0 Å². The third kappa shape index (κ3) is 2.95. The molecule has 16 heavy (non-hydrogen) atoms. The highest BCUT2D eigenvalue weighted by molar-refractivity contribution is 5.78. The van der Waals surface area contributed by atoms with Crippen LogP contribution in [0, 0.1) is 0 Å². The first-order valence-electron chi connectivity index (χ1n) is 6.40. The van der Waals surface area contributed by atoms with Crippen LogP contribution in [-0.4, -0.2) is 59.1 Å². The van der Waals surface area contributed by atoms with Gasteiger partial charge in [-0.25, -0.2) is 0 Å². The van der Waals surface area contributed by atoms with Gasteiger partial charge in [0, 0.05) is 25.7 Å². The van der Waals surface area contributed by atoms with Crippen LogP contribution in [0.2, 0.25) is 0 Å². The molecule has 1 saturated heterocycles. The first-order chi connectivity index (χ1) is 7.70. The number of carbonyl (C=O) groups excluding carboxylic acids is 1. The molecule has 2 rings (SSSR count). The van der Waals surface area contributed by atoms with Crippen molar-refractivity contribution >= 4 is 5.91 Å². The van der Waals surface area contributed by atoms with Gasteiger partial charge < -0.3 is 10.0 Å². The zero-order valence-corrected chi connectivity index (χ0v) is 10.1. The molecule has 2 fully saturated rings. The maximum Gasteiger partial charge on any atom is 0.236 e. The average Bonchev–Trinajstić information content (AvgIpc) is 3.07. The molecule has 1 heterocycles. The standard InChI is InChI=1S/C12H22N2O2/c1-2-14(10-3-4-10)12(16)9-13-7-5-11(15)6-8-13/h10-11,15H,2-9H2,1H3. The summed E-state index contributed by atoms with van der Waals surface area (Å²) in [6, 6.07) is 0.521. The minimum atomic E-state index is -0.155. The zero-order valence-electron chi connectivity index (χ0n) is 10.1. The van der Waals surface area contributed by atoms with Gasteiger partial charge in [0.2, 0.25) is 5.91 Å². The number of hydrogen-bond donors (Lipinski definition) is 1. The van der Waals surface area contributed by atoms with Gasteiger partial charge in [0.1, 0.15) is 0 Å². The number of rotatable bonds is 4. The fourth-order valence-corrected chi connectivity index (χ4v) is 2.38. The smallest absolute Gasteiger partial charge is 0.236 e. The second-order valence-electron chi connectivity index (χ2n) is 4.92. The van der Waals surface area contributed by atoms with Crippen LogP contribution >= 0.6 is 0 Å². The van der Waals surface area contributed by atoms with E-state index in [1.165, 1.54) is 12.8 Å². The van der Waals surface area contributed by atoms with Gasteiger partial charge in [-0.1, -0.05) is 0 Å². The van der Waals surface area contributed by atoms with Crippen molar-refractivity contribution in [1.82, 2.24) is 9.80 Å². The normalized spacial score (nSPS) is 23.4. The second kappa shape index (κ2) is 5.15. The van der Waals surface area contributed by atoms with Gasteiger partial charge in [0.25, 0.3) is 0 Å². The Labute approximate surface area is 97.2 Å². The van der Waals surface area contributed by atoms with Gasteiger partial charge in [-0.05, 0) is 32.6 Å². The van der Waals surface area contributed by atoms with E-state index in [2.05, 4.69) is 11.8 Å². The quantitative estimate of drug-likeness (QED) is 0.757. The predicted molar refractivity (Wildman–Crippen MR) is 62.1 cm³/mol. The van der Waals surface area contributed by atoms with E-state index in [1.807, 2.05) is 4.90 Å². The van der Waals surface area contributed by atoms with E-state index in [0.29, 0.717) is 12.6 Å². The molecule has 1 saturated carbocycles. The van der Waals surface area contributed by atoms with E-state index >= 15 is 0 Å². The van der Waals surface area contributed by atoms with E-state index in [4.69, 9.17) is 0 Å². The lowest BCUT2D eigenvalue weighted by Crippen LogP contribution is -2.44. The van der Waals surface area contributed by atoms with E-state index < -0.39 is 0 Å². The third-order valence-corrected chi connectivity index (χ3v) is 3.56. The van der Waals surface area contributed by atoms with Crippen molar-refractivity contribution in [3.05, 3.63) is 0 Å². The van der Waals surface area contributed by atoms with Crippen molar-refractivity contribution in [1.29, 1.82) is 0 Å². The topological polar surface area (TPSA) is 43.8 Å². The summed E-state index contributed by atoms with van der Waals surface area (Å²) in [4.78, 5) is 16.2. The van der Waals surface area contributed by atoms with E-state index in [0.717, 1.165) is 32.5 Å². The van der Waals surface area contributed by atoms with Crippen LogP contribution in [-0.2, 0) is 4.79 Å². The van der Waals surface area contributed by atoms with Crippen molar-refractivity contribution in [2.24, 2.45) is 0 Å². The first-order valence-corrected chi connectivity index (χ1v) is 6.40. The van der Waals surface area contributed by atoms with Crippen molar-refractivity contribution in [2.75, 3.05) is 26.2 Å². The molecule has 4 nitrogen and oxygen atoms in total. The number of nitrogens with zero attached hydrogens (tertiary/aromatic N) is 2. The maximum absolute atomic E-state index is 12.0. The molecule has 2 aliphatic rings. The first kappa shape index (κ1) is 11.9. The van der Waals surface area contributed by atoms with Crippen molar-refractivity contribution < 1.29 is 9.90 Å². The average molecular weight is 226 g/mol. The molecule has 4 heteroatoms. The molecule has 0 aromatic heterocycles. The van der Waals surface area contributed by atoms with Crippen LogP contribution in [0.15, 0.2) is 0 Å². The minimum absolute atomic E-state index is 0.155. The molecule has 0 aromatic carbocycles. The zero-order chi connectivity index (χ0) is 11.5. The summed E-state index contributed by atoms with van der Waals surface area (Å²) in [5, 5.41) is 9.39. The number of carbonyl (C=O) groups is 1. The molecule has 0 radical (unpaired) electrons. The largest absolute Gasteiger partial charge is 0.393 e. The summed E-state index contributed by atoms with van der Waals surface area (Å²) in [6.07, 6.45) is 3.82. The van der Waals surface area contributed by atoms with E-state index in [9.17, 15) is 9.90 Å². The molecule has 0 bridgehead atoms. The van der Waals surface area contributed by atoms with Gasteiger partial charge in [-0.3, -0.25) is 9.69 Å². The number of aliphatic hydroxyl groups excluding tert-OH is 1. The minimum Gasteiger partial charge on any atom is -0.393 e. The summed E-state index contributed by atoms with van der Waals surface area (Å²) >= 11 is 0. The molecule has 92 valence electrons. The predicted octanol–water partition coefficient (Wildman–Crippen LogP) is 0.454. The summed E-state index contributed by atoms with van der Waals surface area (Å²) in [5.74, 6) is 0.265. The highest BCUT2D eigenvalue weighted by Gasteiger charge is 2.32. The van der Waals surface area contributed by atoms with E-state index in [1.54, 1.807) is 0 Å². The Hall–Kier alpha value is -0.610. The van der Waals surface area contributed by atoms with Crippen LogP contribution in [0.1, 0.15) is 32.6 Å². The van der Waals surface area contributed by atoms with Crippen LogP contribution in [0.3, 0.4) is 0 Å². The highest BCUT2D eigenvalue weighted by atomic mass is 16.3. The molecule has 1 aliphatic carbocycles. The maximum atomic E-state index is 12.0. The monoisotopic (exact) mass is 226 g/mol. The third-order valence-electron chi connectivity index (χ3n) is 3.56. The van der Waals surface area contributed by atoms with Gasteiger partial charge in [0.15, 0.2) is 0 Å². The molecule has 0 unspecified atom stereocenters. The molecular weight excluding hydrogens is 204 g/mol. The van der Waals surface area contributed by atoms with Crippen LogP contribution in [0.5, 0.6) is 0 Å². The second-order valence-corrected chi connectivity index (χ2v) is 4.92. The molecule has 0 spiro atoms. The van der Waals surface area contributed by atoms with Gasteiger partial charge in [-0.2, -0.15) is 0 Å². The summed E-state index contributed by atoms with van der Waals surface area (Å²) in [5.41, 5.74) is 0. The Kier molecular flexibility index (Phi) is 3.82. The number of likely N-dealkylation sites (tertiary alicyclic amines) is 1. The SMILES string of the molecule is CCN(C(=O)CN1CCC(O)CC1)C1CC1. The fraction of sp³-hybridized carbons (Fsp3) is 0.917. The molecule has 1 aliphatic heterocycles. The number of likely N-dealkylation sites (N-methyl/N-ethyl adjacent to an activating group) is 1. The van der Waals surface area contributed by atoms with Crippen molar-refractivity contribution in [3.63, 3.8) is 0 Å². The lowest BCUT2D eigenvalue weighted by Gasteiger charge is -2.31. The highest BCUT2D eigenvalue weighted by Crippen LogP contribution is 2.26. The number of piperidine rings is 1. The summed E-state index contributed by atoms with van der Waals surface area (Å²) < 4.78 is 0. The van der Waals surface area contributed by atoms with Crippen LogP contribution < -0.4 is 0 Å². The Balaban J connectivity index is 1.77. The Morgan fingerprint density at radius 3 is 2.44 bits per heavy atom. The Bertz CT molecular complexity index is 245. The molecule has 0 atom stereocenters.